The molecule has 159 valence electrons. The molecule has 0 atom stereocenters. The van der Waals surface area contributed by atoms with Crippen LogP contribution in [0.1, 0.15) is 50.2 Å². The second-order valence-corrected chi connectivity index (χ2v) is 9.65. The Morgan fingerprint density at radius 3 is 2.24 bits per heavy atom. The smallest absolute Gasteiger partial charge is 0.164 e. The van der Waals surface area contributed by atoms with E-state index in [1.807, 2.05) is 6.92 Å². The largest absolute Gasteiger partial charge is 0.508 e. The summed E-state index contributed by atoms with van der Waals surface area (Å²) in [5.41, 5.74) is 3.13. The molecule has 1 radical (unpaired) electrons. The summed E-state index contributed by atoms with van der Waals surface area (Å²) < 4.78 is 29.8. The van der Waals surface area contributed by atoms with Crippen molar-refractivity contribution in [3.8, 4) is 28.4 Å². The van der Waals surface area contributed by atoms with E-state index in [2.05, 4.69) is 13.8 Å². The lowest BCUT2D eigenvalue weighted by molar-refractivity contribution is 0.291. The van der Waals surface area contributed by atoms with E-state index in [9.17, 15) is 18.6 Å². The van der Waals surface area contributed by atoms with Crippen LogP contribution < -0.4 is 4.74 Å². The number of benzene rings is 2. The summed E-state index contributed by atoms with van der Waals surface area (Å²) in [6.07, 6.45) is 3.79. The molecule has 0 unspecified atom stereocenters. The molecule has 0 saturated carbocycles. The summed E-state index contributed by atoms with van der Waals surface area (Å²) in [6, 6.07) is 8.33. The zero-order chi connectivity index (χ0) is 21.4. The lowest BCUT2D eigenvalue weighted by Crippen LogP contribution is -2.12. The summed E-state index contributed by atoms with van der Waals surface area (Å²) in [4.78, 5) is 0. The average Bonchev–Trinajstić information content (AvgIpc) is 2.65. The highest BCUT2D eigenvalue weighted by molar-refractivity contribution is 7.91. The van der Waals surface area contributed by atoms with Gasteiger partial charge in [-0.15, -0.1) is 0 Å². The number of phenols is 2. The molecule has 5 nitrogen and oxygen atoms in total. The Balaban J connectivity index is 1.99. The van der Waals surface area contributed by atoms with Gasteiger partial charge in [-0.3, -0.25) is 0 Å². The molecule has 0 aliphatic carbocycles. The van der Waals surface area contributed by atoms with Crippen molar-refractivity contribution in [1.82, 2.24) is 0 Å². The minimum Gasteiger partial charge on any atom is -0.508 e. The van der Waals surface area contributed by atoms with Crippen molar-refractivity contribution in [2.75, 3.05) is 18.1 Å². The summed E-state index contributed by atoms with van der Waals surface area (Å²) in [5.74, 6) is 0.995. The molecular weight excluding hydrogens is 388 g/mol. The van der Waals surface area contributed by atoms with Crippen LogP contribution in [-0.2, 0) is 9.84 Å². The van der Waals surface area contributed by atoms with Crippen LogP contribution >= 0.6 is 0 Å². The van der Waals surface area contributed by atoms with Gasteiger partial charge in [-0.1, -0.05) is 31.9 Å². The van der Waals surface area contributed by atoms with Crippen LogP contribution in [0.25, 0.3) is 11.1 Å². The Morgan fingerprint density at radius 1 is 1.00 bits per heavy atom. The summed E-state index contributed by atoms with van der Waals surface area (Å²) in [7, 11) is -3.00. The van der Waals surface area contributed by atoms with E-state index in [-0.39, 0.29) is 23.0 Å². The quantitative estimate of drug-likeness (QED) is 0.500. The fourth-order valence-electron chi connectivity index (χ4n) is 3.33. The highest BCUT2D eigenvalue weighted by Gasteiger charge is 2.16. The second-order valence-electron chi connectivity index (χ2n) is 7.35. The van der Waals surface area contributed by atoms with Crippen LogP contribution in [0.3, 0.4) is 0 Å². The lowest BCUT2D eigenvalue weighted by Gasteiger charge is -2.17. The lowest BCUT2D eigenvalue weighted by atomic mass is 9.94. The van der Waals surface area contributed by atoms with Crippen LogP contribution in [0.4, 0.5) is 0 Å². The van der Waals surface area contributed by atoms with E-state index < -0.39 is 9.84 Å². The van der Waals surface area contributed by atoms with Gasteiger partial charge in [0.2, 0.25) is 0 Å². The molecule has 6 heteroatoms. The molecule has 0 aliphatic rings. The Morgan fingerprint density at radius 2 is 1.62 bits per heavy atom. The van der Waals surface area contributed by atoms with Gasteiger partial charge < -0.3 is 14.9 Å². The van der Waals surface area contributed by atoms with Crippen LogP contribution in [0.15, 0.2) is 30.3 Å². The van der Waals surface area contributed by atoms with Crippen molar-refractivity contribution in [3.63, 3.8) is 0 Å². The molecule has 0 aromatic heterocycles. The molecule has 0 fully saturated rings. The summed E-state index contributed by atoms with van der Waals surface area (Å²) in [6.45, 7) is 8.23. The maximum absolute atomic E-state index is 12.0. The van der Waals surface area contributed by atoms with E-state index in [4.69, 9.17) is 4.74 Å². The van der Waals surface area contributed by atoms with Gasteiger partial charge in [0.1, 0.15) is 15.6 Å². The zero-order valence-corrected chi connectivity index (χ0v) is 18.1. The van der Waals surface area contributed by atoms with Gasteiger partial charge in [-0.05, 0) is 68.0 Å². The SMILES string of the molecule is [CH2]c1cc(O)c(OCCCCS(=O)(=O)CCCCC)c(C)c1-c1ccc(O)cc1. The molecular formula is C23H31O5S. The maximum atomic E-state index is 12.0. The highest BCUT2D eigenvalue weighted by atomic mass is 32.2. The minimum absolute atomic E-state index is 0.0159. The number of unbranched alkanes of at least 4 members (excludes halogenated alkanes) is 3. The number of hydrogen-bond acceptors (Lipinski definition) is 5. The van der Waals surface area contributed by atoms with Crippen LogP contribution in [0, 0.1) is 13.8 Å². The first-order valence-electron chi connectivity index (χ1n) is 10.1. The Hall–Kier alpha value is -2.21. The molecule has 2 aromatic rings. The molecule has 0 spiro atoms. The molecule has 0 aliphatic heterocycles. The van der Waals surface area contributed by atoms with Crippen LogP contribution in [0.5, 0.6) is 17.2 Å². The fourth-order valence-corrected chi connectivity index (χ4v) is 4.83. The predicted octanol–water partition coefficient (Wildman–Crippen LogP) is 5.02. The van der Waals surface area contributed by atoms with Gasteiger partial charge in [-0.25, -0.2) is 8.42 Å². The van der Waals surface area contributed by atoms with Crippen molar-refractivity contribution in [1.29, 1.82) is 0 Å². The van der Waals surface area contributed by atoms with Crippen molar-refractivity contribution in [3.05, 3.63) is 48.4 Å². The number of rotatable bonds is 11. The first-order valence-corrected chi connectivity index (χ1v) is 11.9. The van der Waals surface area contributed by atoms with Crippen molar-refractivity contribution in [2.45, 2.75) is 46.0 Å². The minimum atomic E-state index is -3.00. The summed E-state index contributed by atoms with van der Waals surface area (Å²) >= 11 is 0. The first kappa shape index (κ1) is 23.1. The predicted molar refractivity (Wildman–Crippen MR) is 117 cm³/mol. The Labute approximate surface area is 174 Å². The Bertz CT molecular complexity index is 902. The van der Waals surface area contributed by atoms with E-state index in [0.717, 1.165) is 36.0 Å². The monoisotopic (exact) mass is 419 g/mol. The molecule has 2 rings (SSSR count). The third kappa shape index (κ3) is 6.67. The normalized spacial score (nSPS) is 11.6. The second kappa shape index (κ2) is 10.5. The summed E-state index contributed by atoms with van der Waals surface area (Å²) in [5, 5.41) is 19.8. The zero-order valence-electron chi connectivity index (χ0n) is 17.3. The Kier molecular flexibility index (Phi) is 8.38. The fraction of sp³-hybridized carbons (Fsp3) is 0.435. The first-order chi connectivity index (χ1) is 13.7. The number of hydrogen-bond donors (Lipinski definition) is 2. The third-order valence-corrected chi connectivity index (χ3v) is 6.71. The number of sulfone groups is 1. The van der Waals surface area contributed by atoms with Gasteiger partial charge in [0, 0.05) is 5.56 Å². The van der Waals surface area contributed by atoms with Gasteiger partial charge in [0.25, 0.3) is 0 Å². The molecule has 0 saturated heterocycles. The van der Waals surface area contributed by atoms with Gasteiger partial charge in [0.05, 0.1) is 18.1 Å². The molecule has 2 N–H and O–H groups in total. The molecule has 0 bridgehead atoms. The van der Waals surface area contributed by atoms with Gasteiger partial charge in [0.15, 0.2) is 11.5 Å². The third-order valence-electron chi connectivity index (χ3n) is 4.89. The maximum Gasteiger partial charge on any atom is 0.164 e. The molecule has 0 amide bonds. The molecule has 29 heavy (non-hydrogen) atoms. The van der Waals surface area contributed by atoms with E-state index in [1.165, 1.54) is 0 Å². The van der Waals surface area contributed by atoms with Gasteiger partial charge >= 0.3 is 0 Å². The number of ether oxygens (including phenoxy) is 1. The molecule has 0 heterocycles. The van der Waals surface area contributed by atoms with E-state index in [0.29, 0.717) is 30.8 Å². The number of phenolic OH excluding ortho intramolecular Hbond substituents is 2. The van der Waals surface area contributed by atoms with Crippen molar-refractivity contribution in [2.24, 2.45) is 0 Å². The average molecular weight is 420 g/mol. The van der Waals surface area contributed by atoms with Crippen LogP contribution in [0.2, 0.25) is 0 Å². The van der Waals surface area contributed by atoms with Crippen LogP contribution in [-0.4, -0.2) is 36.7 Å². The van der Waals surface area contributed by atoms with E-state index >= 15 is 0 Å². The molecule has 2 aromatic carbocycles. The highest BCUT2D eigenvalue weighted by Crippen LogP contribution is 2.40. The van der Waals surface area contributed by atoms with Gasteiger partial charge in [-0.2, -0.15) is 0 Å². The number of aromatic hydroxyl groups is 2. The van der Waals surface area contributed by atoms with Crippen molar-refractivity contribution < 1.29 is 23.4 Å². The van der Waals surface area contributed by atoms with E-state index in [1.54, 1.807) is 30.3 Å². The van der Waals surface area contributed by atoms with Crippen molar-refractivity contribution >= 4 is 9.84 Å². The topological polar surface area (TPSA) is 83.8 Å². The standard InChI is InChI=1S/C23H31O5S/c1-4-5-7-14-29(26,27)15-8-6-13-28-23-18(3)22(17(2)16-21(23)25)19-9-11-20(24)12-10-19/h9-12,16,24-25H,2,4-8,13-15H2,1,3H3.